The van der Waals surface area contributed by atoms with Gasteiger partial charge in [-0.2, -0.15) is 4.98 Å². The molecule has 5 rings (SSSR count). The van der Waals surface area contributed by atoms with Gasteiger partial charge in [-0.15, -0.1) is 22.7 Å². The van der Waals surface area contributed by atoms with Gasteiger partial charge in [-0.25, -0.2) is 4.98 Å². The van der Waals surface area contributed by atoms with Crippen molar-refractivity contribution in [3.8, 4) is 10.7 Å². The number of carbonyl (C=O) groups excluding carboxylic acids is 1. The Hall–Kier alpha value is -2.88. The first kappa shape index (κ1) is 21.0. The lowest BCUT2D eigenvalue weighted by atomic mass is 10.2. The summed E-state index contributed by atoms with van der Waals surface area (Å²) in [4.78, 5) is 27.1. The summed E-state index contributed by atoms with van der Waals surface area (Å²) in [5.74, 6) is 1.39. The first-order valence-electron chi connectivity index (χ1n) is 10.6. The first-order chi connectivity index (χ1) is 15.7. The monoisotopic (exact) mass is 465 g/mol. The molecule has 0 saturated carbocycles. The second-order valence-electron chi connectivity index (χ2n) is 7.72. The minimum absolute atomic E-state index is 0.138. The van der Waals surface area contributed by atoms with Crippen molar-refractivity contribution in [2.24, 2.45) is 0 Å². The van der Waals surface area contributed by atoms with Gasteiger partial charge >= 0.3 is 0 Å². The van der Waals surface area contributed by atoms with Crippen molar-refractivity contribution in [2.45, 2.75) is 19.4 Å². The molecule has 1 aromatic carbocycles. The third-order valence-electron chi connectivity index (χ3n) is 5.42. The van der Waals surface area contributed by atoms with E-state index in [-0.39, 0.29) is 5.91 Å². The first-order valence-corrected chi connectivity index (χ1v) is 12.3. The summed E-state index contributed by atoms with van der Waals surface area (Å²) in [5.41, 5.74) is 2.10. The van der Waals surface area contributed by atoms with Crippen LogP contribution in [0, 0.1) is 0 Å². The molecule has 0 bridgehead atoms. The van der Waals surface area contributed by atoms with Gasteiger partial charge in [0.1, 0.15) is 0 Å². The second-order valence-corrected chi connectivity index (χ2v) is 9.61. The molecule has 0 radical (unpaired) electrons. The molecule has 4 aromatic rings. The maximum atomic E-state index is 12.8. The summed E-state index contributed by atoms with van der Waals surface area (Å²) >= 11 is 3.22. The Kier molecular flexibility index (Phi) is 6.38. The van der Waals surface area contributed by atoms with Gasteiger partial charge in [-0.3, -0.25) is 9.69 Å². The lowest BCUT2D eigenvalue weighted by Crippen LogP contribution is -2.48. The van der Waals surface area contributed by atoms with E-state index in [0.717, 1.165) is 35.1 Å². The third kappa shape index (κ3) is 5.12. The highest BCUT2D eigenvalue weighted by Crippen LogP contribution is 2.22. The maximum Gasteiger partial charge on any atom is 0.241 e. The summed E-state index contributed by atoms with van der Waals surface area (Å²) in [5, 5.41) is 9.12. The van der Waals surface area contributed by atoms with Gasteiger partial charge in [0.05, 0.1) is 28.5 Å². The number of carbonyl (C=O) groups is 1. The Labute approximate surface area is 194 Å². The smallest absolute Gasteiger partial charge is 0.241 e. The van der Waals surface area contributed by atoms with E-state index in [1.807, 2.05) is 46.0 Å². The van der Waals surface area contributed by atoms with Gasteiger partial charge in [0.25, 0.3) is 0 Å². The molecule has 1 aliphatic heterocycles. The van der Waals surface area contributed by atoms with Crippen LogP contribution in [0.5, 0.6) is 0 Å². The lowest BCUT2D eigenvalue weighted by molar-refractivity contribution is -0.132. The van der Waals surface area contributed by atoms with Crippen molar-refractivity contribution >= 4 is 28.6 Å². The molecule has 0 N–H and O–H groups in total. The normalized spacial score (nSPS) is 14.7. The zero-order valence-corrected chi connectivity index (χ0v) is 19.1. The number of hydrogen-bond acceptors (Lipinski definition) is 8. The average Bonchev–Trinajstić information content (AvgIpc) is 3.57. The van der Waals surface area contributed by atoms with Crippen LogP contribution in [0.1, 0.15) is 22.2 Å². The number of aromatic nitrogens is 3. The zero-order chi connectivity index (χ0) is 21.8. The average molecular weight is 466 g/mol. The van der Waals surface area contributed by atoms with E-state index < -0.39 is 0 Å². The van der Waals surface area contributed by atoms with Gasteiger partial charge in [0, 0.05) is 38.0 Å². The molecule has 3 aromatic heterocycles. The number of nitrogens with zero attached hydrogens (tertiary/aromatic N) is 5. The summed E-state index contributed by atoms with van der Waals surface area (Å²) in [6.45, 7) is 3.59. The van der Waals surface area contributed by atoms with E-state index in [9.17, 15) is 4.79 Å². The quantitative estimate of drug-likeness (QED) is 0.414. The Bertz CT molecular complexity index is 1150. The fourth-order valence-electron chi connectivity index (χ4n) is 3.72. The predicted molar refractivity (Wildman–Crippen MR) is 125 cm³/mol. The minimum Gasteiger partial charge on any atom is -0.340 e. The Morgan fingerprint density at radius 3 is 2.62 bits per heavy atom. The van der Waals surface area contributed by atoms with Crippen LogP contribution in [0.25, 0.3) is 10.7 Å². The van der Waals surface area contributed by atoms with Crippen LogP contribution in [0.3, 0.4) is 0 Å². The summed E-state index contributed by atoms with van der Waals surface area (Å²) < 4.78 is 5.41. The topological polar surface area (TPSA) is 75.4 Å². The van der Waals surface area contributed by atoms with Crippen LogP contribution in [0.15, 0.2) is 57.7 Å². The van der Waals surface area contributed by atoms with Crippen molar-refractivity contribution in [1.82, 2.24) is 24.9 Å². The van der Waals surface area contributed by atoms with E-state index >= 15 is 0 Å². The number of amides is 1. The van der Waals surface area contributed by atoms with E-state index in [1.54, 1.807) is 22.7 Å². The number of hydrogen-bond donors (Lipinski definition) is 0. The Morgan fingerprint density at radius 1 is 1.00 bits per heavy atom. The summed E-state index contributed by atoms with van der Waals surface area (Å²) in [6, 6.07) is 14.2. The number of piperazine rings is 1. The molecule has 0 unspecified atom stereocenters. The summed E-state index contributed by atoms with van der Waals surface area (Å²) in [6.07, 6.45) is 1.17. The van der Waals surface area contributed by atoms with Crippen LogP contribution >= 0.6 is 22.7 Å². The Balaban J connectivity index is 1.09. The Morgan fingerprint density at radius 2 is 1.84 bits per heavy atom. The summed E-state index contributed by atoms with van der Waals surface area (Å²) in [7, 11) is 0. The SMILES string of the molecule is O=C(Cc1csc(Cc2ccccc2)n1)N1CCN(Cc2nc(-c3cccs3)no2)CC1. The second kappa shape index (κ2) is 9.72. The molecule has 164 valence electrons. The molecule has 1 fully saturated rings. The number of thiazole rings is 1. The molecule has 1 saturated heterocycles. The van der Waals surface area contributed by atoms with E-state index in [4.69, 9.17) is 4.52 Å². The molecular weight excluding hydrogens is 442 g/mol. The van der Waals surface area contributed by atoms with E-state index in [2.05, 4.69) is 32.2 Å². The van der Waals surface area contributed by atoms with Crippen LogP contribution in [-0.2, 0) is 24.2 Å². The molecule has 9 heteroatoms. The molecule has 7 nitrogen and oxygen atoms in total. The molecule has 0 atom stereocenters. The van der Waals surface area contributed by atoms with E-state index in [1.165, 1.54) is 5.56 Å². The van der Waals surface area contributed by atoms with Crippen molar-refractivity contribution in [3.63, 3.8) is 0 Å². The van der Waals surface area contributed by atoms with Crippen molar-refractivity contribution in [2.75, 3.05) is 26.2 Å². The van der Waals surface area contributed by atoms with Crippen molar-refractivity contribution < 1.29 is 9.32 Å². The fraction of sp³-hybridized carbons (Fsp3) is 0.304. The van der Waals surface area contributed by atoms with Gasteiger partial charge in [-0.05, 0) is 17.0 Å². The van der Waals surface area contributed by atoms with Crippen LogP contribution < -0.4 is 0 Å². The molecule has 0 aliphatic carbocycles. The van der Waals surface area contributed by atoms with Crippen LogP contribution in [-0.4, -0.2) is 57.0 Å². The molecule has 32 heavy (non-hydrogen) atoms. The van der Waals surface area contributed by atoms with Gasteiger partial charge < -0.3 is 9.42 Å². The number of rotatable bonds is 7. The highest BCUT2D eigenvalue weighted by Gasteiger charge is 2.23. The predicted octanol–water partition coefficient (Wildman–Crippen LogP) is 3.73. The van der Waals surface area contributed by atoms with Crippen molar-refractivity contribution in [3.05, 3.63) is 75.4 Å². The molecule has 1 aliphatic rings. The minimum atomic E-state index is 0.138. The molecule has 4 heterocycles. The highest BCUT2D eigenvalue weighted by atomic mass is 32.1. The lowest BCUT2D eigenvalue weighted by Gasteiger charge is -2.33. The standard InChI is InChI=1S/C23H23N5O2S2/c29-22(14-18-16-32-21(24-18)13-17-5-2-1-3-6-17)28-10-8-27(9-11-28)15-20-25-23(26-30-20)19-7-4-12-31-19/h1-7,12,16H,8-11,13-15H2. The third-order valence-corrected chi connectivity index (χ3v) is 7.19. The van der Waals surface area contributed by atoms with E-state index in [0.29, 0.717) is 37.8 Å². The fourth-order valence-corrected chi connectivity index (χ4v) is 5.20. The molecule has 1 amide bonds. The highest BCUT2D eigenvalue weighted by molar-refractivity contribution is 7.13. The molecular formula is C23H23N5O2S2. The van der Waals surface area contributed by atoms with Crippen LogP contribution in [0.2, 0.25) is 0 Å². The number of benzene rings is 1. The molecule has 0 spiro atoms. The number of thiophene rings is 1. The van der Waals surface area contributed by atoms with Gasteiger partial charge in [0.2, 0.25) is 17.6 Å². The zero-order valence-electron chi connectivity index (χ0n) is 17.5. The van der Waals surface area contributed by atoms with Crippen LogP contribution in [0.4, 0.5) is 0 Å². The van der Waals surface area contributed by atoms with Gasteiger partial charge in [-0.1, -0.05) is 41.6 Å². The van der Waals surface area contributed by atoms with Crippen molar-refractivity contribution in [1.29, 1.82) is 0 Å². The van der Waals surface area contributed by atoms with Gasteiger partial charge in [0.15, 0.2) is 0 Å². The largest absolute Gasteiger partial charge is 0.340 e. The maximum absolute atomic E-state index is 12.8.